The number of hydrogen-bond acceptors (Lipinski definition) is 6. The van der Waals surface area contributed by atoms with Crippen molar-refractivity contribution in [1.29, 1.82) is 0 Å². The number of para-hydroxylation sites is 1. The molecule has 1 amide bonds. The maximum atomic E-state index is 13.5. The zero-order valence-corrected chi connectivity index (χ0v) is 24.7. The Bertz CT molecular complexity index is 1530. The summed E-state index contributed by atoms with van der Waals surface area (Å²) in [7, 11) is -3.64. The topological polar surface area (TPSA) is 75.5 Å². The van der Waals surface area contributed by atoms with Crippen molar-refractivity contribution in [2.45, 2.75) is 38.5 Å². The van der Waals surface area contributed by atoms with Crippen LogP contribution < -0.4 is 0 Å². The Morgan fingerprint density at radius 2 is 1.92 bits per heavy atom. The predicted octanol–water partition coefficient (Wildman–Crippen LogP) is 5.82. The van der Waals surface area contributed by atoms with Gasteiger partial charge in [-0.2, -0.15) is 9.40 Å². The second-order valence-corrected chi connectivity index (χ2v) is 14.2. The predicted molar refractivity (Wildman–Crippen MR) is 161 cm³/mol. The third-order valence-electron chi connectivity index (χ3n) is 6.84. The van der Waals surface area contributed by atoms with Crippen molar-refractivity contribution in [2.24, 2.45) is 11.8 Å². The van der Waals surface area contributed by atoms with Gasteiger partial charge < -0.3 is 0 Å². The van der Waals surface area contributed by atoms with E-state index in [2.05, 4.69) is 20.8 Å². The van der Waals surface area contributed by atoms with Crippen LogP contribution in [0.4, 0.5) is 0 Å². The molecule has 2 saturated heterocycles. The van der Waals surface area contributed by atoms with Gasteiger partial charge in [0.25, 0.3) is 5.91 Å². The van der Waals surface area contributed by atoms with Crippen LogP contribution in [0.5, 0.6) is 0 Å². The van der Waals surface area contributed by atoms with E-state index in [1.807, 2.05) is 48.7 Å². The minimum Gasteiger partial charge on any atom is -0.293 e. The molecular formula is C29H32N4O3S3. The van der Waals surface area contributed by atoms with Crippen LogP contribution in [-0.4, -0.2) is 57.3 Å². The van der Waals surface area contributed by atoms with E-state index in [1.165, 1.54) is 11.8 Å². The number of rotatable bonds is 7. The molecule has 0 saturated carbocycles. The number of hydrogen-bond donors (Lipinski definition) is 0. The van der Waals surface area contributed by atoms with Crippen LogP contribution in [-0.2, 0) is 14.8 Å². The first-order valence-electron chi connectivity index (χ1n) is 13.1. The summed E-state index contributed by atoms with van der Waals surface area (Å²) in [6.07, 6.45) is 5.58. The molecular weight excluding hydrogens is 549 g/mol. The van der Waals surface area contributed by atoms with Gasteiger partial charge in [0.2, 0.25) is 10.0 Å². The number of nitrogens with zero attached hydrogens (tertiary/aromatic N) is 4. The lowest BCUT2D eigenvalue weighted by molar-refractivity contribution is -0.122. The summed E-state index contributed by atoms with van der Waals surface area (Å²) in [6, 6.07) is 16.6. The van der Waals surface area contributed by atoms with Crippen LogP contribution in [0, 0.1) is 11.8 Å². The SMILES string of the molecule is CC(C)CN1C(=O)/C(=C/c2cn(-c3ccccc3)nc2-c2cccc(S(=O)(=O)N3CCCC(C)C3)c2)SC1=S. The van der Waals surface area contributed by atoms with Gasteiger partial charge in [-0.05, 0) is 55.0 Å². The molecule has 0 aliphatic carbocycles. The summed E-state index contributed by atoms with van der Waals surface area (Å²) in [5.74, 6) is 0.503. The fourth-order valence-corrected chi connectivity index (χ4v) is 7.82. The normalized spacial score (nSPS) is 19.9. The van der Waals surface area contributed by atoms with Crippen molar-refractivity contribution in [1.82, 2.24) is 19.0 Å². The van der Waals surface area contributed by atoms with Crippen LogP contribution in [0.15, 0.2) is 70.6 Å². The minimum atomic E-state index is -3.64. The van der Waals surface area contributed by atoms with Crippen LogP contribution in [0.1, 0.15) is 39.2 Å². The number of carbonyl (C=O) groups excluding carboxylic acids is 1. The van der Waals surface area contributed by atoms with E-state index in [-0.39, 0.29) is 16.7 Å². The molecule has 3 aromatic rings. The average molecular weight is 581 g/mol. The maximum Gasteiger partial charge on any atom is 0.266 e. The second-order valence-electron chi connectivity index (χ2n) is 10.5. The third-order valence-corrected chi connectivity index (χ3v) is 10.1. The molecule has 2 aromatic carbocycles. The van der Waals surface area contributed by atoms with E-state index in [1.54, 1.807) is 32.1 Å². The highest BCUT2D eigenvalue weighted by molar-refractivity contribution is 8.26. The maximum absolute atomic E-state index is 13.5. The van der Waals surface area contributed by atoms with Gasteiger partial charge in [-0.1, -0.05) is 75.1 Å². The van der Waals surface area contributed by atoms with E-state index in [0.717, 1.165) is 18.5 Å². The number of carbonyl (C=O) groups is 1. The van der Waals surface area contributed by atoms with Gasteiger partial charge in [-0.3, -0.25) is 9.69 Å². The minimum absolute atomic E-state index is 0.118. The van der Waals surface area contributed by atoms with Gasteiger partial charge in [-0.25, -0.2) is 13.1 Å². The zero-order valence-electron chi connectivity index (χ0n) is 22.3. The summed E-state index contributed by atoms with van der Waals surface area (Å²) in [5.41, 5.74) is 2.83. The van der Waals surface area contributed by atoms with Crippen molar-refractivity contribution in [2.75, 3.05) is 19.6 Å². The number of benzene rings is 2. The monoisotopic (exact) mass is 580 g/mol. The summed E-state index contributed by atoms with van der Waals surface area (Å²) in [5, 5.41) is 4.85. The van der Waals surface area contributed by atoms with Gasteiger partial charge >= 0.3 is 0 Å². The number of sulfonamides is 1. The highest BCUT2D eigenvalue weighted by Crippen LogP contribution is 2.36. The molecule has 5 rings (SSSR count). The molecule has 0 bridgehead atoms. The Morgan fingerprint density at radius 3 is 2.64 bits per heavy atom. The van der Waals surface area contributed by atoms with Crippen LogP contribution in [0.3, 0.4) is 0 Å². The Labute approximate surface area is 239 Å². The van der Waals surface area contributed by atoms with E-state index in [0.29, 0.717) is 51.6 Å². The lowest BCUT2D eigenvalue weighted by Gasteiger charge is -2.30. The van der Waals surface area contributed by atoms with Crippen molar-refractivity contribution in [3.8, 4) is 16.9 Å². The molecule has 1 aromatic heterocycles. The Morgan fingerprint density at radius 1 is 1.15 bits per heavy atom. The molecule has 7 nitrogen and oxygen atoms in total. The highest BCUT2D eigenvalue weighted by atomic mass is 32.2. The fraction of sp³-hybridized carbons (Fsp3) is 0.345. The first-order chi connectivity index (χ1) is 18.6. The molecule has 2 aliphatic heterocycles. The van der Waals surface area contributed by atoms with Crippen LogP contribution >= 0.6 is 24.0 Å². The first kappa shape index (κ1) is 27.8. The fourth-order valence-electron chi connectivity index (χ4n) is 4.91. The standard InChI is InChI=1S/C29H32N4O3S3/c1-20(2)17-32-28(34)26(38-29(32)37)16-23-19-33(24-11-5-4-6-12-24)30-27(23)22-10-7-13-25(15-22)39(35,36)31-14-8-9-21(3)18-31/h4-7,10-13,15-16,19-21H,8-9,14,17-18H2,1-3H3/b26-16-. The third kappa shape index (κ3) is 5.89. The van der Waals surface area contributed by atoms with Crippen molar-refractivity contribution >= 4 is 50.3 Å². The summed E-state index contributed by atoms with van der Waals surface area (Å²) >= 11 is 6.78. The molecule has 0 N–H and O–H groups in total. The Balaban J connectivity index is 1.57. The lowest BCUT2D eigenvalue weighted by Crippen LogP contribution is -2.39. The molecule has 1 atom stereocenters. The van der Waals surface area contributed by atoms with Crippen LogP contribution in [0.2, 0.25) is 0 Å². The van der Waals surface area contributed by atoms with Gasteiger partial charge in [0.05, 0.1) is 15.5 Å². The number of aromatic nitrogens is 2. The lowest BCUT2D eigenvalue weighted by atomic mass is 10.0. The quantitative estimate of drug-likeness (QED) is 0.259. The molecule has 2 fully saturated rings. The van der Waals surface area contributed by atoms with Gasteiger partial charge in [-0.15, -0.1) is 0 Å². The Hall–Kier alpha value is -2.79. The zero-order chi connectivity index (χ0) is 27.7. The summed E-state index contributed by atoms with van der Waals surface area (Å²) in [6.45, 7) is 7.81. The van der Waals surface area contributed by atoms with Crippen molar-refractivity contribution in [3.63, 3.8) is 0 Å². The number of amides is 1. The Kier molecular flexibility index (Phi) is 8.09. The molecule has 204 valence electrons. The molecule has 10 heteroatoms. The van der Waals surface area contributed by atoms with Gasteiger partial charge in [0.1, 0.15) is 10.0 Å². The molecule has 1 unspecified atom stereocenters. The smallest absolute Gasteiger partial charge is 0.266 e. The summed E-state index contributed by atoms with van der Waals surface area (Å²) in [4.78, 5) is 15.6. The molecule has 2 aliphatic rings. The highest BCUT2D eigenvalue weighted by Gasteiger charge is 2.33. The molecule has 39 heavy (non-hydrogen) atoms. The van der Waals surface area contributed by atoms with Crippen molar-refractivity contribution < 1.29 is 13.2 Å². The van der Waals surface area contributed by atoms with E-state index in [4.69, 9.17) is 17.3 Å². The summed E-state index contributed by atoms with van der Waals surface area (Å²) < 4.78 is 30.9. The van der Waals surface area contributed by atoms with Gasteiger partial charge in [0, 0.05) is 37.0 Å². The van der Waals surface area contributed by atoms with E-state index in [9.17, 15) is 13.2 Å². The average Bonchev–Trinajstić information content (AvgIpc) is 3.45. The number of thioether (sulfide) groups is 1. The largest absolute Gasteiger partial charge is 0.293 e. The van der Waals surface area contributed by atoms with Gasteiger partial charge in [0.15, 0.2) is 0 Å². The number of piperidine rings is 1. The molecule has 0 spiro atoms. The molecule has 3 heterocycles. The van der Waals surface area contributed by atoms with Crippen molar-refractivity contribution in [3.05, 3.63) is 71.3 Å². The second kappa shape index (κ2) is 11.4. The first-order valence-corrected chi connectivity index (χ1v) is 15.8. The van der Waals surface area contributed by atoms with Crippen LogP contribution in [0.25, 0.3) is 23.0 Å². The van der Waals surface area contributed by atoms with E-state index >= 15 is 0 Å². The molecule has 0 radical (unpaired) electrons. The van der Waals surface area contributed by atoms with E-state index < -0.39 is 10.0 Å². The number of thiocarbonyl (C=S) groups is 1.